The van der Waals surface area contributed by atoms with E-state index in [1.807, 2.05) is 6.07 Å². The van der Waals surface area contributed by atoms with Gasteiger partial charge in [0.2, 0.25) is 0 Å². The summed E-state index contributed by atoms with van der Waals surface area (Å²) in [4.78, 5) is 14.5. The number of carbonyl (C=O) groups is 1. The summed E-state index contributed by atoms with van der Waals surface area (Å²) < 4.78 is 25.6. The Morgan fingerprint density at radius 2 is 2.06 bits per heavy atom. The van der Waals surface area contributed by atoms with Gasteiger partial charge in [-0.05, 0) is 30.3 Å². The van der Waals surface area contributed by atoms with Gasteiger partial charge in [0.05, 0.1) is 6.54 Å². The van der Waals surface area contributed by atoms with E-state index in [0.29, 0.717) is 6.54 Å². The van der Waals surface area contributed by atoms with Crippen molar-refractivity contribution in [2.45, 2.75) is 6.54 Å². The summed E-state index contributed by atoms with van der Waals surface area (Å²) in [5.41, 5.74) is 0.927. The lowest BCUT2D eigenvalue weighted by Gasteiger charge is -2.04. The van der Waals surface area contributed by atoms with Crippen molar-refractivity contribution in [1.29, 1.82) is 0 Å². The number of halogens is 2. The van der Waals surface area contributed by atoms with Crippen molar-refractivity contribution in [1.82, 2.24) is 10.3 Å². The number of aromatic nitrogens is 1. The van der Waals surface area contributed by atoms with Crippen molar-refractivity contribution in [3.8, 4) is 0 Å². The molecule has 0 aliphatic carbocycles. The van der Waals surface area contributed by atoms with Gasteiger partial charge in [0.15, 0.2) is 11.6 Å². The van der Waals surface area contributed by atoms with Gasteiger partial charge in [-0.3, -0.25) is 4.79 Å². The average molecular weight is 236 g/mol. The smallest absolute Gasteiger partial charge is 0.251 e. The first kappa shape index (κ1) is 11.3. The van der Waals surface area contributed by atoms with Crippen molar-refractivity contribution in [2.24, 2.45) is 0 Å². The molecule has 1 aromatic heterocycles. The standard InChI is InChI=1S/C12H10F2N2O/c13-10-4-3-8(6-11(10)14)12(17)16-7-9-2-1-5-15-9/h1-6,15H,7H2,(H,16,17). The third kappa shape index (κ3) is 2.69. The van der Waals surface area contributed by atoms with E-state index < -0.39 is 17.5 Å². The van der Waals surface area contributed by atoms with Gasteiger partial charge in [-0.25, -0.2) is 8.78 Å². The minimum atomic E-state index is -1.03. The van der Waals surface area contributed by atoms with E-state index in [1.54, 1.807) is 12.3 Å². The molecule has 0 aliphatic rings. The summed E-state index contributed by atoms with van der Waals surface area (Å²) in [5.74, 6) is -2.44. The van der Waals surface area contributed by atoms with E-state index in [2.05, 4.69) is 10.3 Å². The normalized spacial score (nSPS) is 10.2. The average Bonchev–Trinajstić information content (AvgIpc) is 2.82. The number of H-pyrrole nitrogens is 1. The molecular weight excluding hydrogens is 226 g/mol. The molecule has 0 unspecified atom stereocenters. The minimum absolute atomic E-state index is 0.0930. The lowest BCUT2D eigenvalue weighted by Crippen LogP contribution is -2.23. The van der Waals surface area contributed by atoms with E-state index in [4.69, 9.17) is 0 Å². The molecule has 0 saturated heterocycles. The lowest BCUT2D eigenvalue weighted by molar-refractivity contribution is 0.0950. The molecule has 0 radical (unpaired) electrons. The second-order valence-corrected chi connectivity index (χ2v) is 3.51. The van der Waals surface area contributed by atoms with Crippen LogP contribution in [-0.2, 0) is 6.54 Å². The fourth-order valence-corrected chi connectivity index (χ4v) is 1.39. The monoisotopic (exact) mass is 236 g/mol. The van der Waals surface area contributed by atoms with Crippen LogP contribution in [0.15, 0.2) is 36.5 Å². The zero-order chi connectivity index (χ0) is 12.3. The first-order valence-electron chi connectivity index (χ1n) is 5.02. The van der Waals surface area contributed by atoms with Crippen LogP contribution in [0.5, 0.6) is 0 Å². The number of benzene rings is 1. The van der Waals surface area contributed by atoms with Gasteiger partial charge in [0, 0.05) is 17.5 Å². The van der Waals surface area contributed by atoms with Crippen LogP contribution in [-0.4, -0.2) is 10.9 Å². The second-order valence-electron chi connectivity index (χ2n) is 3.51. The Hall–Kier alpha value is -2.17. The Bertz CT molecular complexity index is 523. The predicted molar refractivity (Wildman–Crippen MR) is 58.3 cm³/mol. The molecule has 0 saturated carbocycles. The van der Waals surface area contributed by atoms with Gasteiger partial charge in [-0.1, -0.05) is 0 Å². The highest BCUT2D eigenvalue weighted by molar-refractivity contribution is 5.94. The first-order valence-corrected chi connectivity index (χ1v) is 5.02. The molecule has 0 spiro atoms. The molecule has 5 heteroatoms. The summed E-state index contributed by atoms with van der Waals surface area (Å²) in [6.45, 7) is 0.310. The van der Waals surface area contributed by atoms with E-state index in [0.717, 1.165) is 17.8 Å². The fourth-order valence-electron chi connectivity index (χ4n) is 1.39. The molecule has 2 N–H and O–H groups in total. The molecule has 17 heavy (non-hydrogen) atoms. The Labute approximate surface area is 96.5 Å². The van der Waals surface area contributed by atoms with E-state index in [9.17, 15) is 13.6 Å². The third-order valence-corrected chi connectivity index (χ3v) is 2.28. The van der Waals surface area contributed by atoms with Crippen LogP contribution < -0.4 is 5.32 Å². The minimum Gasteiger partial charge on any atom is -0.364 e. The first-order chi connectivity index (χ1) is 8.16. The molecule has 1 amide bonds. The van der Waals surface area contributed by atoms with Gasteiger partial charge in [-0.15, -0.1) is 0 Å². The maximum absolute atomic E-state index is 12.9. The number of rotatable bonds is 3. The Morgan fingerprint density at radius 1 is 1.24 bits per heavy atom. The summed E-state index contributed by atoms with van der Waals surface area (Å²) in [5, 5.41) is 2.59. The quantitative estimate of drug-likeness (QED) is 0.843. The van der Waals surface area contributed by atoms with Crippen LogP contribution >= 0.6 is 0 Å². The summed E-state index contributed by atoms with van der Waals surface area (Å²) in [6, 6.07) is 6.66. The molecule has 2 rings (SSSR count). The van der Waals surface area contributed by atoms with Crippen molar-refractivity contribution in [3.63, 3.8) is 0 Å². The molecule has 0 atom stereocenters. The highest BCUT2D eigenvalue weighted by atomic mass is 19.2. The Morgan fingerprint density at radius 3 is 2.71 bits per heavy atom. The van der Waals surface area contributed by atoms with Crippen LogP contribution in [0, 0.1) is 11.6 Å². The van der Waals surface area contributed by atoms with Crippen LogP contribution in [0.4, 0.5) is 8.78 Å². The zero-order valence-corrected chi connectivity index (χ0v) is 8.84. The van der Waals surface area contributed by atoms with Crippen LogP contribution in [0.1, 0.15) is 16.1 Å². The molecule has 0 aliphatic heterocycles. The number of aromatic amines is 1. The Kier molecular flexibility index (Phi) is 3.18. The number of hydrogen-bond acceptors (Lipinski definition) is 1. The topological polar surface area (TPSA) is 44.9 Å². The summed E-state index contributed by atoms with van der Waals surface area (Å²) in [7, 11) is 0. The molecule has 1 aromatic carbocycles. The van der Waals surface area contributed by atoms with Crippen molar-refractivity contribution in [3.05, 3.63) is 59.4 Å². The van der Waals surface area contributed by atoms with Crippen molar-refractivity contribution in [2.75, 3.05) is 0 Å². The Balaban J connectivity index is 2.02. The van der Waals surface area contributed by atoms with E-state index in [1.165, 1.54) is 6.07 Å². The van der Waals surface area contributed by atoms with Gasteiger partial charge in [0.1, 0.15) is 0 Å². The van der Waals surface area contributed by atoms with Crippen LogP contribution in [0.2, 0.25) is 0 Å². The highest BCUT2D eigenvalue weighted by Crippen LogP contribution is 2.08. The molecule has 0 bridgehead atoms. The number of hydrogen-bond donors (Lipinski definition) is 2. The third-order valence-electron chi connectivity index (χ3n) is 2.28. The molecule has 0 fully saturated rings. The van der Waals surface area contributed by atoms with Gasteiger partial charge in [0.25, 0.3) is 5.91 Å². The molecule has 1 heterocycles. The lowest BCUT2D eigenvalue weighted by atomic mass is 10.2. The van der Waals surface area contributed by atoms with Crippen LogP contribution in [0.25, 0.3) is 0 Å². The number of amides is 1. The van der Waals surface area contributed by atoms with Gasteiger partial charge < -0.3 is 10.3 Å². The van der Waals surface area contributed by atoms with E-state index in [-0.39, 0.29) is 5.56 Å². The number of carbonyl (C=O) groups excluding carboxylic acids is 1. The largest absolute Gasteiger partial charge is 0.364 e. The van der Waals surface area contributed by atoms with Gasteiger partial charge >= 0.3 is 0 Å². The number of nitrogens with one attached hydrogen (secondary N) is 2. The highest BCUT2D eigenvalue weighted by Gasteiger charge is 2.09. The SMILES string of the molecule is O=C(NCc1ccc[nH]1)c1ccc(F)c(F)c1. The van der Waals surface area contributed by atoms with Crippen LogP contribution in [0.3, 0.4) is 0 Å². The molecule has 3 nitrogen and oxygen atoms in total. The predicted octanol–water partition coefficient (Wildman–Crippen LogP) is 2.22. The fraction of sp³-hybridized carbons (Fsp3) is 0.0833. The second kappa shape index (κ2) is 4.78. The maximum Gasteiger partial charge on any atom is 0.251 e. The molecule has 88 valence electrons. The molecule has 2 aromatic rings. The zero-order valence-electron chi connectivity index (χ0n) is 8.84. The maximum atomic E-state index is 12.9. The summed E-state index contributed by atoms with van der Waals surface area (Å²) in [6.07, 6.45) is 1.74. The molecular formula is C12H10F2N2O. The van der Waals surface area contributed by atoms with Crippen molar-refractivity contribution >= 4 is 5.91 Å². The van der Waals surface area contributed by atoms with Crippen molar-refractivity contribution < 1.29 is 13.6 Å². The van der Waals surface area contributed by atoms with Gasteiger partial charge in [-0.2, -0.15) is 0 Å². The van der Waals surface area contributed by atoms with E-state index >= 15 is 0 Å². The summed E-state index contributed by atoms with van der Waals surface area (Å²) >= 11 is 0.